The second-order valence-electron chi connectivity index (χ2n) is 0.869. The van der Waals surface area contributed by atoms with Crippen LogP contribution in [-0.2, 0) is 4.79 Å². The summed E-state index contributed by atoms with van der Waals surface area (Å²) in [6.45, 7) is 1.31. The number of rotatable bonds is 0. The van der Waals surface area contributed by atoms with Crippen molar-refractivity contribution in [2.45, 2.75) is 6.92 Å². The minimum atomic E-state index is -0.333. The van der Waals surface area contributed by atoms with Crippen molar-refractivity contribution in [3.8, 4) is 12.4 Å². The number of hydrogen-bond acceptors (Lipinski definition) is 5. The molecule has 6 N–H and O–H groups in total. The van der Waals surface area contributed by atoms with Gasteiger partial charge in [-0.25, -0.2) is 0 Å². The predicted octanol–water partition coefficient (Wildman–Crippen LogP) is -1.66. The number of nitriles is 2. The van der Waals surface area contributed by atoms with E-state index in [0.29, 0.717) is 0 Å². The average Bonchev–Trinajstić information content (AvgIpc) is 1.65. The largest absolute Gasteiger partial charge is 0.370 e. The molecular weight excluding hydrogens is 134 g/mol. The standard InChI is InChI=1S/C2H5NO.2CH2N2/c1-2(3)4;2*2-1-3/h1H3,(H2,3,4);2*2H2. The van der Waals surface area contributed by atoms with Crippen LogP contribution in [0.5, 0.6) is 0 Å². The number of primary amides is 1. The number of hydrogen-bond donors (Lipinski definition) is 3. The van der Waals surface area contributed by atoms with Crippen LogP contribution >= 0.6 is 0 Å². The second-order valence-corrected chi connectivity index (χ2v) is 0.869. The topological polar surface area (TPSA) is 143 Å². The zero-order chi connectivity index (χ0) is 8.99. The molecule has 0 spiro atoms. The van der Waals surface area contributed by atoms with Crippen LogP contribution in [0.25, 0.3) is 0 Å². The minimum absolute atomic E-state index is 0.333. The lowest BCUT2D eigenvalue weighted by Crippen LogP contribution is -2.01. The number of carbonyl (C=O) groups excluding carboxylic acids is 1. The molecule has 6 nitrogen and oxygen atoms in total. The highest BCUT2D eigenvalue weighted by atomic mass is 16.1. The van der Waals surface area contributed by atoms with Gasteiger partial charge in [0.25, 0.3) is 0 Å². The lowest BCUT2D eigenvalue weighted by Gasteiger charge is -1.60. The van der Waals surface area contributed by atoms with Gasteiger partial charge in [-0.2, -0.15) is 10.5 Å². The summed E-state index contributed by atoms with van der Waals surface area (Å²) in [6.07, 6.45) is 2.50. The van der Waals surface area contributed by atoms with E-state index < -0.39 is 0 Å². The van der Waals surface area contributed by atoms with E-state index >= 15 is 0 Å². The van der Waals surface area contributed by atoms with Gasteiger partial charge in [0, 0.05) is 6.92 Å². The Morgan fingerprint density at radius 1 is 1.30 bits per heavy atom. The predicted molar refractivity (Wildman–Crippen MR) is 34.5 cm³/mol. The number of nitrogens with two attached hydrogens (primary N) is 3. The summed E-state index contributed by atoms with van der Waals surface area (Å²) in [7, 11) is 0. The van der Waals surface area contributed by atoms with E-state index in [1.807, 2.05) is 0 Å². The van der Waals surface area contributed by atoms with E-state index in [9.17, 15) is 4.79 Å². The van der Waals surface area contributed by atoms with Gasteiger partial charge in [0.05, 0.1) is 0 Å². The SMILES string of the molecule is CC(N)=O.N#CN.N#CN. The van der Waals surface area contributed by atoms with Crippen molar-refractivity contribution in [3.63, 3.8) is 0 Å². The zero-order valence-electron chi connectivity index (χ0n) is 5.53. The molecule has 0 radical (unpaired) electrons. The maximum absolute atomic E-state index is 9.22. The Morgan fingerprint density at radius 2 is 1.30 bits per heavy atom. The van der Waals surface area contributed by atoms with Gasteiger partial charge in [-0.3, -0.25) is 4.79 Å². The van der Waals surface area contributed by atoms with Crippen molar-refractivity contribution in [1.82, 2.24) is 0 Å². The lowest BCUT2D eigenvalue weighted by molar-refractivity contribution is -0.115. The third-order valence-electron chi connectivity index (χ3n) is 0. The first kappa shape index (κ1) is 15.7. The summed E-state index contributed by atoms with van der Waals surface area (Å²) in [5.74, 6) is -0.333. The van der Waals surface area contributed by atoms with Gasteiger partial charge < -0.3 is 17.2 Å². The molecule has 0 aromatic rings. The van der Waals surface area contributed by atoms with Crippen molar-refractivity contribution in [2.75, 3.05) is 0 Å². The highest BCUT2D eigenvalue weighted by Gasteiger charge is 1.61. The van der Waals surface area contributed by atoms with E-state index in [-0.39, 0.29) is 5.91 Å². The third kappa shape index (κ3) is 40.6. The first-order valence-electron chi connectivity index (χ1n) is 2.02. The number of amides is 1. The van der Waals surface area contributed by atoms with Gasteiger partial charge >= 0.3 is 0 Å². The molecule has 0 aliphatic heterocycles. The molecule has 56 valence electrons. The highest BCUT2D eigenvalue weighted by Crippen LogP contribution is 1.33. The van der Waals surface area contributed by atoms with E-state index in [4.69, 9.17) is 10.5 Å². The fraction of sp³-hybridized carbons (Fsp3) is 0.250. The maximum Gasteiger partial charge on any atom is 0.214 e. The maximum atomic E-state index is 9.22. The van der Waals surface area contributed by atoms with Crippen LogP contribution < -0.4 is 17.2 Å². The molecule has 0 rings (SSSR count). The van der Waals surface area contributed by atoms with Crippen LogP contribution in [0.3, 0.4) is 0 Å². The average molecular weight is 143 g/mol. The molecule has 0 aromatic carbocycles. The monoisotopic (exact) mass is 143 g/mol. The molecule has 0 saturated carbocycles. The van der Waals surface area contributed by atoms with E-state index in [2.05, 4.69) is 17.2 Å². The Hall–Kier alpha value is -1.95. The normalized spacial score (nSPS) is 3.90. The highest BCUT2D eigenvalue weighted by molar-refractivity contribution is 5.70. The van der Waals surface area contributed by atoms with Crippen molar-refractivity contribution < 1.29 is 4.79 Å². The Morgan fingerprint density at radius 3 is 1.30 bits per heavy atom. The van der Waals surface area contributed by atoms with Crippen LogP contribution in [0.2, 0.25) is 0 Å². The molecule has 6 heteroatoms. The number of nitrogens with zero attached hydrogens (tertiary/aromatic N) is 2. The van der Waals surface area contributed by atoms with Crippen molar-refractivity contribution >= 4 is 5.91 Å². The van der Waals surface area contributed by atoms with Crippen molar-refractivity contribution in [3.05, 3.63) is 0 Å². The fourth-order valence-electron chi connectivity index (χ4n) is 0. The first-order valence-corrected chi connectivity index (χ1v) is 2.02. The molecule has 0 aliphatic rings. The Balaban J connectivity index is -0.0000000750. The second kappa shape index (κ2) is 27.7. The van der Waals surface area contributed by atoms with Crippen LogP contribution in [0, 0.1) is 22.9 Å². The quantitative estimate of drug-likeness (QED) is 0.275. The minimum Gasteiger partial charge on any atom is -0.370 e. The molecule has 0 saturated heterocycles. The van der Waals surface area contributed by atoms with E-state index in [0.717, 1.165) is 0 Å². The molecule has 0 atom stereocenters. The summed E-state index contributed by atoms with van der Waals surface area (Å²) < 4.78 is 0. The van der Waals surface area contributed by atoms with E-state index in [1.165, 1.54) is 19.3 Å². The summed E-state index contributed by atoms with van der Waals surface area (Å²) in [6, 6.07) is 0. The van der Waals surface area contributed by atoms with Gasteiger partial charge in [-0.15, -0.1) is 0 Å². The molecule has 0 unspecified atom stereocenters. The van der Waals surface area contributed by atoms with Gasteiger partial charge in [-0.1, -0.05) is 0 Å². The van der Waals surface area contributed by atoms with Gasteiger partial charge in [0.1, 0.15) is 0 Å². The molecular formula is C4H9N5O. The summed E-state index contributed by atoms with van der Waals surface area (Å²) in [4.78, 5) is 9.22. The molecule has 0 heterocycles. The smallest absolute Gasteiger partial charge is 0.214 e. The summed E-state index contributed by atoms with van der Waals surface area (Å²) in [5, 5.41) is 14.2. The van der Waals surface area contributed by atoms with Crippen LogP contribution in [0.1, 0.15) is 6.92 Å². The van der Waals surface area contributed by atoms with Crippen LogP contribution in [0.4, 0.5) is 0 Å². The molecule has 1 amide bonds. The summed E-state index contributed by atoms with van der Waals surface area (Å²) >= 11 is 0. The Labute approximate surface area is 58.8 Å². The van der Waals surface area contributed by atoms with Gasteiger partial charge in [0.2, 0.25) is 5.91 Å². The van der Waals surface area contributed by atoms with Crippen molar-refractivity contribution in [2.24, 2.45) is 17.2 Å². The lowest BCUT2D eigenvalue weighted by atomic mass is 10.8. The number of carbonyl (C=O) groups is 1. The van der Waals surface area contributed by atoms with Crippen LogP contribution in [0.15, 0.2) is 0 Å². The van der Waals surface area contributed by atoms with E-state index in [1.54, 1.807) is 0 Å². The summed E-state index contributed by atoms with van der Waals surface area (Å²) in [5.41, 5.74) is 12.8. The van der Waals surface area contributed by atoms with Crippen LogP contribution in [-0.4, -0.2) is 5.91 Å². The zero-order valence-corrected chi connectivity index (χ0v) is 5.53. The Bertz CT molecular complexity index is 125. The fourth-order valence-corrected chi connectivity index (χ4v) is 0. The molecule has 0 bridgehead atoms. The van der Waals surface area contributed by atoms with Gasteiger partial charge in [0.15, 0.2) is 12.4 Å². The van der Waals surface area contributed by atoms with Crippen molar-refractivity contribution in [1.29, 1.82) is 10.5 Å². The van der Waals surface area contributed by atoms with Gasteiger partial charge in [-0.05, 0) is 0 Å². The molecule has 10 heavy (non-hydrogen) atoms. The Kier molecular flexibility index (Phi) is 43.5. The first-order chi connectivity index (χ1) is 4.56. The molecule has 0 aromatic heterocycles. The molecule has 0 fully saturated rings. The molecule has 0 aliphatic carbocycles. The third-order valence-corrected chi connectivity index (χ3v) is 0.